The maximum atomic E-state index is 11.0. The Kier molecular flexibility index (Phi) is 4.62. The van der Waals surface area contributed by atoms with Crippen LogP contribution >= 0.6 is 0 Å². The molecule has 0 aliphatic heterocycles. The van der Waals surface area contributed by atoms with Crippen molar-refractivity contribution in [2.75, 3.05) is 7.05 Å². The standard InChI is InChI=1S/C8H15N3O3/c1-8(2,3)14-7(12)5-6-10-11(13)9-4/h5-6H,1-4H3,(H,9,10)/b6-5+. The molecule has 0 rings (SSSR count). The van der Waals surface area contributed by atoms with Gasteiger partial charge in [-0.2, -0.15) is 0 Å². The molecular weight excluding hydrogens is 186 g/mol. The van der Waals surface area contributed by atoms with Gasteiger partial charge in [0.25, 0.3) is 0 Å². The van der Waals surface area contributed by atoms with Crippen LogP contribution in [0, 0.1) is 5.21 Å². The van der Waals surface area contributed by atoms with Crippen LogP contribution in [-0.2, 0) is 9.53 Å². The molecule has 0 aliphatic carbocycles. The fourth-order valence-electron chi connectivity index (χ4n) is 0.563. The first-order chi connectivity index (χ1) is 6.35. The van der Waals surface area contributed by atoms with Gasteiger partial charge in [-0.25, -0.2) is 4.79 Å². The van der Waals surface area contributed by atoms with Crippen LogP contribution in [0.3, 0.4) is 0 Å². The zero-order valence-electron chi connectivity index (χ0n) is 8.77. The lowest BCUT2D eigenvalue weighted by Crippen LogP contribution is -2.23. The van der Waals surface area contributed by atoms with E-state index in [-0.39, 0.29) is 4.97 Å². The second-order valence-corrected chi connectivity index (χ2v) is 3.47. The molecule has 0 amide bonds. The van der Waals surface area contributed by atoms with Gasteiger partial charge >= 0.3 is 5.97 Å². The van der Waals surface area contributed by atoms with Crippen molar-refractivity contribution in [1.29, 1.82) is 0 Å². The van der Waals surface area contributed by atoms with Crippen molar-refractivity contribution in [2.45, 2.75) is 26.4 Å². The van der Waals surface area contributed by atoms with Gasteiger partial charge in [0, 0.05) is 11.0 Å². The zero-order valence-corrected chi connectivity index (χ0v) is 8.77. The molecule has 0 aromatic rings. The predicted octanol–water partition coefficient (Wildman–Crippen LogP) is 0.939. The Morgan fingerprint density at radius 1 is 1.57 bits per heavy atom. The first-order valence-electron chi connectivity index (χ1n) is 4.08. The molecule has 0 saturated carbocycles. The molecule has 80 valence electrons. The van der Waals surface area contributed by atoms with Gasteiger partial charge in [0.15, 0.2) is 0 Å². The molecule has 0 heterocycles. The quantitative estimate of drug-likeness (QED) is 0.242. The molecule has 0 aromatic heterocycles. The van der Waals surface area contributed by atoms with E-state index < -0.39 is 11.6 Å². The summed E-state index contributed by atoms with van der Waals surface area (Å²) in [5.74, 6) is -0.519. The third-order valence-corrected chi connectivity index (χ3v) is 0.993. The molecule has 0 unspecified atom stereocenters. The van der Waals surface area contributed by atoms with E-state index in [0.717, 1.165) is 12.3 Å². The van der Waals surface area contributed by atoms with Gasteiger partial charge in [0.05, 0.1) is 13.2 Å². The molecule has 0 radical (unpaired) electrons. The zero-order chi connectivity index (χ0) is 11.2. The summed E-state index contributed by atoms with van der Waals surface area (Å²) >= 11 is 0. The highest BCUT2D eigenvalue weighted by Gasteiger charge is 2.13. The van der Waals surface area contributed by atoms with E-state index in [9.17, 15) is 10.0 Å². The summed E-state index contributed by atoms with van der Waals surface area (Å²) in [6, 6.07) is 0. The molecule has 0 fully saturated rings. The van der Waals surface area contributed by atoms with Crippen molar-refractivity contribution in [3.63, 3.8) is 0 Å². The monoisotopic (exact) mass is 201 g/mol. The largest absolute Gasteiger partial charge is 0.571 e. The molecule has 1 N–H and O–H groups in total. The third-order valence-electron chi connectivity index (χ3n) is 0.993. The number of carbonyl (C=O) groups is 1. The van der Waals surface area contributed by atoms with Crippen molar-refractivity contribution >= 4 is 5.97 Å². The SMILES string of the molecule is CN=[N+]([O-])N/C=C/C(=O)OC(C)(C)C. The Balaban J connectivity index is 3.96. The minimum atomic E-state index is -0.534. The van der Waals surface area contributed by atoms with Gasteiger partial charge < -0.3 is 9.94 Å². The highest BCUT2D eigenvalue weighted by molar-refractivity contribution is 5.82. The van der Waals surface area contributed by atoms with Crippen molar-refractivity contribution in [1.82, 2.24) is 5.43 Å². The molecule has 6 nitrogen and oxygen atoms in total. The molecule has 0 saturated heterocycles. The van der Waals surface area contributed by atoms with Crippen LogP contribution in [0.2, 0.25) is 0 Å². The van der Waals surface area contributed by atoms with E-state index in [1.54, 1.807) is 20.8 Å². The fraction of sp³-hybridized carbons (Fsp3) is 0.625. The average Bonchev–Trinajstić information content (AvgIpc) is 2.00. The molecular formula is C8H15N3O3. The maximum absolute atomic E-state index is 11.0. The highest BCUT2D eigenvalue weighted by atomic mass is 16.6. The van der Waals surface area contributed by atoms with Gasteiger partial charge in [-0.1, -0.05) is 0 Å². The number of esters is 1. The summed E-state index contributed by atoms with van der Waals surface area (Å²) in [4.78, 5) is 11.3. The fourth-order valence-corrected chi connectivity index (χ4v) is 0.563. The summed E-state index contributed by atoms with van der Waals surface area (Å²) in [5.41, 5.74) is 1.64. The van der Waals surface area contributed by atoms with Crippen LogP contribution in [-0.4, -0.2) is 23.6 Å². The number of carbonyl (C=O) groups excluding carboxylic acids is 1. The minimum absolute atomic E-state index is 0.223. The highest BCUT2D eigenvalue weighted by Crippen LogP contribution is 2.06. The lowest BCUT2D eigenvalue weighted by molar-refractivity contribution is -0.578. The van der Waals surface area contributed by atoms with E-state index in [4.69, 9.17) is 4.74 Å². The number of nitrogens with one attached hydrogen (secondary N) is 1. The maximum Gasteiger partial charge on any atom is 0.332 e. The summed E-state index contributed by atoms with van der Waals surface area (Å²) in [5, 5.41) is 13.7. The topological polar surface area (TPSA) is 76.8 Å². The second kappa shape index (κ2) is 5.21. The first kappa shape index (κ1) is 12.4. The minimum Gasteiger partial charge on any atom is -0.571 e. The summed E-state index contributed by atoms with van der Waals surface area (Å²) in [7, 11) is 1.32. The first-order valence-corrected chi connectivity index (χ1v) is 4.08. The molecule has 6 heteroatoms. The van der Waals surface area contributed by atoms with Crippen molar-refractivity contribution < 1.29 is 14.5 Å². The van der Waals surface area contributed by atoms with Crippen LogP contribution in [0.25, 0.3) is 0 Å². The Bertz CT molecular complexity index is 253. The Hall–Kier alpha value is -1.59. The van der Waals surface area contributed by atoms with Crippen LogP contribution in [0.15, 0.2) is 17.4 Å². The smallest absolute Gasteiger partial charge is 0.332 e. The number of rotatable bonds is 3. The van der Waals surface area contributed by atoms with Crippen molar-refractivity contribution in [3.05, 3.63) is 17.5 Å². The lowest BCUT2D eigenvalue weighted by atomic mass is 10.2. The molecule has 0 spiro atoms. The number of nitrogens with zero attached hydrogens (tertiary/aromatic N) is 2. The summed E-state index contributed by atoms with van der Waals surface area (Å²) in [6.07, 6.45) is 2.27. The number of ether oxygens (including phenoxy) is 1. The molecule has 0 atom stereocenters. The van der Waals surface area contributed by atoms with Crippen molar-refractivity contribution in [2.24, 2.45) is 5.11 Å². The van der Waals surface area contributed by atoms with Gasteiger partial charge in [-0.15, -0.1) is 5.43 Å². The average molecular weight is 201 g/mol. The third kappa shape index (κ3) is 7.08. The predicted molar refractivity (Wildman–Crippen MR) is 50.1 cm³/mol. The van der Waals surface area contributed by atoms with E-state index in [1.807, 2.05) is 0 Å². The van der Waals surface area contributed by atoms with Gasteiger partial charge in [-0.05, 0) is 25.9 Å². The molecule has 0 aromatic carbocycles. The van der Waals surface area contributed by atoms with Gasteiger partial charge in [0.1, 0.15) is 5.60 Å². The lowest BCUT2D eigenvalue weighted by Gasteiger charge is -2.17. The van der Waals surface area contributed by atoms with Crippen LogP contribution in [0.5, 0.6) is 0 Å². The normalized spacial score (nSPS) is 13.0. The molecule has 0 aliphatic rings. The number of hydrogen-bond acceptors (Lipinski definition) is 4. The van der Waals surface area contributed by atoms with E-state index in [1.165, 1.54) is 7.05 Å². The Morgan fingerprint density at radius 3 is 2.57 bits per heavy atom. The molecule has 0 bridgehead atoms. The summed E-state index contributed by atoms with van der Waals surface area (Å²) < 4.78 is 4.94. The van der Waals surface area contributed by atoms with Crippen LogP contribution < -0.4 is 5.43 Å². The van der Waals surface area contributed by atoms with E-state index in [2.05, 4.69) is 10.5 Å². The van der Waals surface area contributed by atoms with Gasteiger partial charge in [0.2, 0.25) is 0 Å². The van der Waals surface area contributed by atoms with Crippen molar-refractivity contribution in [3.8, 4) is 0 Å². The number of hydrogen-bond donors (Lipinski definition) is 1. The number of hydrazine groups is 1. The second-order valence-electron chi connectivity index (χ2n) is 3.47. The van der Waals surface area contributed by atoms with Crippen LogP contribution in [0.1, 0.15) is 20.8 Å². The Labute approximate surface area is 82.8 Å². The van der Waals surface area contributed by atoms with Gasteiger partial charge in [-0.3, -0.25) is 0 Å². The molecule has 14 heavy (non-hydrogen) atoms. The van der Waals surface area contributed by atoms with E-state index in [0.29, 0.717) is 0 Å². The van der Waals surface area contributed by atoms with E-state index >= 15 is 0 Å². The van der Waals surface area contributed by atoms with Crippen LogP contribution in [0.4, 0.5) is 0 Å². The Morgan fingerprint density at radius 2 is 2.14 bits per heavy atom. The summed E-state index contributed by atoms with van der Waals surface area (Å²) in [6.45, 7) is 5.27.